The molecule has 0 unspecified atom stereocenters. The van der Waals surface area contributed by atoms with Crippen LogP contribution in [0.15, 0.2) is 29.2 Å². The van der Waals surface area contributed by atoms with E-state index >= 15 is 0 Å². The summed E-state index contributed by atoms with van der Waals surface area (Å²) in [6.45, 7) is 7.46. The van der Waals surface area contributed by atoms with Crippen LogP contribution in [-0.4, -0.2) is 95.6 Å². The highest BCUT2D eigenvalue weighted by Gasteiger charge is 2.25. The summed E-state index contributed by atoms with van der Waals surface area (Å²) in [5.74, 6) is 0.490. The third kappa shape index (κ3) is 8.10. The first-order valence-corrected chi connectivity index (χ1v) is 12.9. The Labute approximate surface area is 199 Å². The zero-order valence-electron chi connectivity index (χ0n) is 20.7. The molecule has 2 rings (SSSR count). The summed E-state index contributed by atoms with van der Waals surface area (Å²) in [6.07, 6.45) is 7.96. The molecule has 186 valence electrons. The standard InChI is InChI=1S/C24H39N3O5S/c1-20-17-22(31-5)18-21(2)24(20)33(29,30)26(4)15-16-32-19-23(28)25(3)11-9-10-14-27-12-7-6-8-13-27/h9-10,17-18H,6-8,11-16,19H2,1-5H3. The number of piperidine rings is 1. The second-order valence-corrected chi connectivity index (χ2v) is 10.6. The van der Waals surface area contributed by atoms with E-state index in [-0.39, 0.29) is 30.6 Å². The molecule has 0 bridgehead atoms. The summed E-state index contributed by atoms with van der Waals surface area (Å²) >= 11 is 0. The lowest BCUT2D eigenvalue weighted by Gasteiger charge is -2.25. The molecule has 1 aliphatic heterocycles. The van der Waals surface area contributed by atoms with E-state index in [0.717, 1.165) is 19.6 Å². The van der Waals surface area contributed by atoms with E-state index in [0.29, 0.717) is 23.4 Å². The average molecular weight is 482 g/mol. The Hall–Kier alpha value is -1.94. The number of ether oxygens (including phenoxy) is 2. The van der Waals surface area contributed by atoms with Gasteiger partial charge < -0.3 is 14.4 Å². The molecule has 0 saturated carbocycles. The highest BCUT2D eigenvalue weighted by Crippen LogP contribution is 2.27. The lowest BCUT2D eigenvalue weighted by molar-refractivity contribution is -0.134. The molecule has 1 heterocycles. The van der Waals surface area contributed by atoms with Gasteiger partial charge in [-0.25, -0.2) is 8.42 Å². The van der Waals surface area contributed by atoms with E-state index in [4.69, 9.17) is 9.47 Å². The number of rotatable bonds is 12. The Morgan fingerprint density at radius 3 is 2.33 bits per heavy atom. The van der Waals surface area contributed by atoms with Crippen LogP contribution in [0.4, 0.5) is 0 Å². The number of hydrogen-bond acceptors (Lipinski definition) is 6. The maximum Gasteiger partial charge on any atom is 0.248 e. The minimum Gasteiger partial charge on any atom is -0.497 e. The molecule has 0 aromatic heterocycles. The lowest BCUT2D eigenvalue weighted by atomic mass is 10.1. The van der Waals surface area contributed by atoms with Gasteiger partial charge in [0.2, 0.25) is 15.9 Å². The van der Waals surface area contributed by atoms with E-state index in [2.05, 4.69) is 11.0 Å². The van der Waals surface area contributed by atoms with Crippen LogP contribution in [0.3, 0.4) is 0 Å². The van der Waals surface area contributed by atoms with Crippen molar-refractivity contribution in [1.82, 2.24) is 14.1 Å². The fraction of sp³-hybridized carbons (Fsp3) is 0.625. The van der Waals surface area contributed by atoms with Crippen molar-refractivity contribution in [1.29, 1.82) is 0 Å². The molecule has 8 nitrogen and oxygen atoms in total. The minimum absolute atomic E-state index is 0.0784. The first kappa shape index (κ1) is 27.3. The third-order valence-electron chi connectivity index (χ3n) is 5.90. The molecular formula is C24H39N3O5S. The van der Waals surface area contributed by atoms with Crippen LogP contribution in [0.1, 0.15) is 30.4 Å². The average Bonchev–Trinajstić information content (AvgIpc) is 2.78. The van der Waals surface area contributed by atoms with Crippen molar-refractivity contribution in [3.05, 3.63) is 35.4 Å². The number of carbonyl (C=O) groups is 1. The van der Waals surface area contributed by atoms with Gasteiger partial charge in [-0.2, -0.15) is 4.31 Å². The van der Waals surface area contributed by atoms with E-state index in [1.54, 1.807) is 45.0 Å². The van der Waals surface area contributed by atoms with Gasteiger partial charge in [0, 0.05) is 33.7 Å². The molecule has 0 radical (unpaired) electrons. The number of sulfonamides is 1. The van der Waals surface area contributed by atoms with Gasteiger partial charge in [0.05, 0.1) is 18.6 Å². The minimum atomic E-state index is -3.68. The first-order valence-electron chi connectivity index (χ1n) is 11.5. The van der Waals surface area contributed by atoms with Crippen molar-refractivity contribution in [3.8, 4) is 5.75 Å². The van der Waals surface area contributed by atoms with Crippen LogP contribution in [0, 0.1) is 13.8 Å². The fourth-order valence-corrected chi connectivity index (χ4v) is 5.43. The van der Waals surface area contributed by atoms with Crippen molar-refractivity contribution in [3.63, 3.8) is 0 Å². The zero-order valence-corrected chi connectivity index (χ0v) is 21.5. The monoisotopic (exact) mass is 481 g/mol. The quantitative estimate of drug-likeness (QED) is 0.337. The van der Waals surface area contributed by atoms with Gasteiger partial charge in [-0.15, -0.1) is 0 Å². The van der Waals surface area contributed by atoms with Crippen LogP contribution < -0.4 is 4.74 Å². The molecule has 9 heteroatoms. The molecule has 0 spiro atoms. The zero-order chi connectivity index (χ0) is 24.4. The summed E-state index contributed by atoms with van der Waals surface area (Å²) < 4.78 is 38.0. The third-order valence-corrected chi connectivity index (χ3v) is 8.06. The lowest BCUT2D eigenvalue weighted by Crippen LogP contribution is -2.34. The Morgan fingerprint density at radius 2 is 1.73 bits per heavy atom. The van der Waals surface area contributed by atoms with Gasteiger partial charge in [-0.1, -0.05) is 18.6 Å². The highest BCUT2D eigenvalue weighted by atomic mass is 32.2. The van der Waals surface area contributed by atoms with Gasteiger partial charge >= 0.3 is 0 Å². The molecule has 1 aromatic carbocycles. The molecular weight excluding hydrogens is 442 g/mol. The van der Waals surface area contributed by atoms with E-state index in [1.807, 2.05) is 6.08 Å². The maximum atomic E-state index is 13.0. The van der Waals surface area contributed by atoms with Gasteiger partial charge in [-0.05, 0) is 63.0 Å². The van der Waals surface area contributed by atoms with Crippen molar-refractivity contribution in [2.24, 2.45) is 0 Å². The second-order valence-electron chi connectivity index (χ2n) is 8.58. The molecule has 1 fully saturated rings. The van der Waals surface area contributed by atoms with Crippen molar-refractivity contribution >= 4 is 15.9 Å². The van der Waals surface area contributed by atoms with Crippen molar-refractivity contribution in [2.75, 3.05) is 67.1 Å². The molecule has 1 saturated heterocycles. The van der Waals surface area contributed by atoms with E-state index in [9.17, 15) is 13.2 Å². The Morgan fingerprint density at radius 1 is 1.09 bits per heavy atom. The van der Waals surface area contributed by atoms with Crippen LogP contribution >= 0.6 is 0 Å². The number of hydrogen-bond donors (Lipinski definition) is 0. The number of likely N-dealkylation sites (N-methyl/N-ethyl adjacent to an activating group) is 2. The Balaban J connectivity index is 1.75. The second kappa shape index (κ2) is 13.1. The van der Waals surface area contributed by atoms with Gasteiger partial charge in [0.1, 0.15) is 12.4 Å². The van der Waals surface area contributed by atoms with E-state index < -0.39 is 10.0 Å². The molecule has 1 amide bonds. The number of methoxy groups -OCH3 is 1. The SMILES string of the molecule is COc1cc(C)c(S(=O)(=O)N(C)CCOCC(=O)N(C)CC=CCN2CCCCC2)c(C)c1. The van der Waals surface area contributed by atoms with Crippen molar-refractivity contribution < 1.29 is 22.7 Å². The summed E-state index contributed by atoms with van der Waals surface area (Å²) in [5.41, 5.74) is 1.26. The molecule has 33 heavy (non-hydrogen) atoms. The van der Waals surface area contributed by atoms with Crippen LogP contribution in [0.2, 0.25) is 0 Å². The summed E-state index contributed by atoms with van der Waals surface area (Å²) in [7, 11) is 1.13. The molecule has 0 aliphatic carbocycles. The summed E-state index contributed by atoms with van der Waals surface area (Å²) in [5, 5.41) is 0. The van der Waals surface area contributed by atoms with Crippen LogP contribution in [0.25, 0.3) is 0 Å². The number of benzene rings is 1. The molecule has 1 aliphatic rings. The molecule has 1 aromatic rings. The summed E-state index contributed by atoms with van der Waals surface area (Å²) in [6, 6.07) is 3.42. The van der Waals surface area contributed by atoms with Gasteiger partial charge in [0.15, 0.2) is 0 Å². The molecule has 0 atom stereocenters. The van der Waals surface area contributed by atoms with Gasteiger partial charge in [-0.3, -0.25) is 9.69 Å². The number of aryl methyl sites for hydroxylation is 2. The largest absolute Gasteiger partial charge is 0.497 e. The highest BCUT2D eigenvalue weighted by molar-refractivity contribution is 7.89. The topological polar surface area (TPSA) is 79.4 Å². The normalized spacial score (nSPS) is 15.3. The predicted molar refractivity (Wildman–Crippen MR) is 130 cm³/mol. The summed E-state index contributed by atoms with van der Waals surface area (Å²) in [4.78, 5) is 16.6. The van der Waals surface area contributed by atoms with Gasteiger partial charge in [0.25, 0.3) is 0 Å². The first-order chi connectivity index (χ1) is 15.7. The number of nitrogens with zero attached hydrogens (tertiary/aromatic N) is 3. The Bertz CT molecular complexity index is 888. The van der Waals surface area contributed by atoms with Crippen LogP contribution in [-0.2, 0) is 19.6 Å². The number of amides is 1. The predicted octanol–water partition coefficient (Wildman–Crippen LogP) is 2.45. The van der Waals surface area contributed by atoms with Crippen molar-refractivity contribution in [2.45, 2.75) is 38.0 Å². The smallest absolute Gasteiger partial charge is 0.248 e. The number of carbonyl (C=O) groups excluding carboxylic acids is 1. The number of likely N-dealkylation sites (tertiary alicyclic amines) is 1. The van der Waals surface area contributed by atoms with E-state index in [1.165, 1.54) is 30.6 Å². The Kier molecular flexibility index (Phi) is 10.8. The maximum absolute atomic E-state index is 13.0. The fourth-order valence-electron chi connectivity index (χ4n) is 3.87. The molecule has 0 N–H and O–H groups in total. The van der Waals surface area contributed by atoms with Crippen LogP contribution in [0.5, 0.6) is 5.75 Å².